The summed E-state index contributed by atoms with van der Waals surface area (Å²) in [6.07, 6.45) is 6.00. The summed E-state index contributed by atoms with van der Waals surface area (Å²) >= 11 is 5.72. The van der Waals surface area contributed by atoms with Crippen molar-refractivity contribution < 1.29 is 0 Å². The van der Waals surface area contributed by atoms with E-state index in [1.807, 2.05) is 0 Å². The first-order valence-electron chi connectivity index (χ1n) is 4.97. The zero-order valence-corrected chi connectivity index (χ0v) is 8.96. The number of aromatic nitrogens is 2. The summed E-state index contributed by atoms with van der Waals surface area (Å²) in [5, 5.41) is 3.69. The summed E-state index contributed by atoms with van der Waals surface area (Å²) < 4.78 is 0. The lowest BCUT2D eigenvalue weighted by molar-refractivity contribution is 0.536. The topological polar surface area (TPSA) is 37.8 Å². The van der Waals surface area contributed by atoms with Crippen LogP contribution >= 0.6 is 11.6 Å². The molecular weight excluding hydrogens is 198 g/mol. The van der Waals surface area contributed by atoms with Crippen LogP contribution in [0.5, 0.6) is 0 Å². The Balaban J connectivity index is 1.84. The van der Waals surface area contributed by atoms with E-state index in [1.54, 1.807) is 6.20 Å². The maximum atomic E-state index is 5.72. The average Bonchev–Trinajstić information content (AvgIpc) is 2.97. The van der Waals surface area contributed by atoms with Gasteiger partial charge in [0.2, 0.25) is 0 Å². The van der Waals surface area contributed by atoms with Crippen LogP contribution in [0.3, 0.4) is 0 Å². The molecule has 1 aromatic heterocycles. The molecule has 0 bridgehead atoms. The van der Waals surface area contributed by atoms with Gasteiger partial charge in [0.15, 0.2) is 0 Å². The zero-order chi connectivity index (χ0) is 9.97. The van der Waals surface area contributed by atoms with E-state index in [4.69, 9.17) is 11.6 Å². The molecule has 4 heteroatoms. The van der Waals surface area contributed by atoms with Crippen molar-refractivity contribution in [1.82, 2.24) is 9.97 Å². The van der Waals surface area contributed by atoms with Crippen molar-refractivity contribution in [3.05, 3.63) is 17.5 Å². The van der Waals surface area contributed by atoms with Gasteiger partial charge in [-0.2, -0.15) is 0 Å². The van der Waals surface area contributed by atoms with Gasteiger partial charge < -0.3 is 5.32 Å². The van der Waals surface area contributed by atoms with Gasteiger partial charge in [0, 0.05) is 6.54 Å². The van der Waals surface area contributed by atoms with E-state index in [-0.39, 0.29) is 0 Å². The quantitative estimate of drug-likeness (QED) is 0.832. The lowest BCUT2D eigenvalue weighted by Crippen LogP contribution is -2.13. The van der Waals surface area contributed by atoms with Crippen LogP contribution in [0, 0.1) is 11.8 Å². The molecule has 0 radical (unpaired) electrons. The lowest BCUT2D eigenvalue weighted by atomic mass is 10.1. The van der Waals surface area contributed by atoms with Crippen molar-refractivity contribution in [2.24, 2.45) is 11.8 Å². The van der Waals surface area contributed by atoms with E-state index >= 15 is 0 Å². The summed E-state index contributed by atoms with van der Waals surface area (Å²) in [6.45, 7) is 3.22. The number of hydrogen-bond donors (Lipinski definition) is 1. The van der Waals surface area contributed by atoms with E-state index in [0.29, 0.717) is 5.15 Å². The second kappa shape index (κ2) is 4.13. The van der Waals surface area contributed by atoms with Crippen molar-refractivity contribution >= 4 is 17.4 Å². The van der Waals surface area contributed by atoms with Crippen LogP contribution in [0.2, 0.25) is 5.15 Å². The monoisotopic (exact) mass is 211 g/mol. The summed E-state index contributed by atoms with van der Waals surface area (Å²) in [6, 6.07) is 0. The molecule has 14 heavy (non-hydrogen) atoms. The van der Waals surface area contributed by atoms with Crippen molar-refractivity contribution in [1.29, 1.82) is 0 Å². The van der Waals surface area contributed by atoms with E-state index < -0.39 is 0 Å². The van der Waals surface area contributed by atoms with Gasteiger partial charge >= 0.3 is 0 Å². The molecule has 1 N–H and O–H groups in total. The van der Waals surface area contributed by atoms with Crippen LogP contribution in [-0.4, -0.2) is 16.5 Å². The van der Waals surface area contributed by atoms with Crippen molar-refractivity contribution in [2.45, 2.75) is 19.8 Å². The second-order valence-electron chi connectivity index (χ2n) is 3.92. The maximum absolute atomic E-state index is 5.72. The van der Waals surface area contributed by atoms with Crippen LogP contribution in [-0.2, 0) is 0 Å². The minimum absolute atomic E-state index is 0.439. The number of rotatable bonds is 4. The molecule has 1 heterocycles. The fourth-order valence-corrected chi connectivity index (χ4v) is 1.67. The van der Waals surface area contributed by atoms with Gasteiger partial charge in [-0.1, -0.05) is 18.5 Å². The third kappa shape index (κ3) is 2.58. The normalized spacial score (nSPS) is 17.9. The van der Waals surface area contributed by atoms with Gasteiger partial charge in [0.1, 0.15) is 11.0 Å². The largest absolute Gasteiger partial charge is 0.368 e. The van der Waals surface area contributed by atoms with Gasteiger partial charge in [-0.15, -0.1) is 0 Å². The summed E-state index contributed by atoms with van der Waals surface area (Å²) in [7, 11) is 0. The minimum Gasteiger partial charge on any atom is -0.368 e. The van der Waals surface area contributed by atoms with Crippen LogP contribution < -0.4 is 5.32 Å². The van der Waals surface area contributed by atoms with Gasteiger partial charge in [0.05, 0.1) is 12.4 Å². The SMILES string of the molecule is CC(CNc1cncc(Cl)n1)C1CC1. The molecule has 0 aromatic carbocycles. The maximum Gasteiger partial charge on any atom is 0.149 e. The van der Waals surface area contributed by atoms with Crippen LogP contribution in [0.25, 0.3) is 0 Å². The molecule has 0 amide bonds. The highest BCUT2D eigenvalue weighted by Gasteiger charge is 2.27. The molecule has 76 valence electrons. The Morgan fingerprint density at radius 2 is 2.36 bits per heavy atom. The summed E-state index contributed by atoms with van der Waals surface area (Å²) in [5.41, 5.74) is 0. The molecule has 1 aliphatic carbocycles. The van der Waals surface area contributed by atoms with Gasteiger partial charge in [0.25, 0.3) is 0 Å². The molecule has 1 fully saturated rings. The smallest absolute Gasteiger partial charge is 0.149 e. The summed E-state index contributed by atoms with van der Waals surface area (Å²) in [5.74, 6) is 2.40. The number of nitrogens with one attached hydrogen (secondary N) is 1. The average molecular weight is 212 g/mol. The third-order valence-corrected chi connectivity index (χ3v) is 2.82. The van der Waals surface area contributed by atoms with Crippen LogP contribution in [0.1, 0.15) is 19.8 Å². The Hall–Kier alpha value is -0.830. The van der Waals surface area contributed by atoms with Crippen LogP contribution in [0.4, 0.5) is 5.82 Å². The van der Waals surface area contributed by atoms with Gasteiger partial charge in [-0.3, -0.25) is 4.98 Å². The van der Waals surface area contributed by atoms with Gasteiger partial charge in [-0.05, 0) is 24.7 Å². The number of anilines is 1. The number of hydrogen-bond acceptors (Lipinski definition) is 3. The zero-order valence-electron chi connectivity index (χ0n) is 8.20. The van der Waals surface area contributed by atoms with Gasteiger partial charge in [-0.25, -0.2) is 4.98 Å². The molecular formula is C10H14ClN3. The molecule has 1 unspecified atom stereocenters. The predicted molar refractivity (Wildman–Crippen MR) is 57.4 cm³/mol. The van der Waals surface area contributed by atoms with Crippen LogP contribution in [0.15, 0.2) is 12.4 Å². The molecule has 1 atom stereocenters. The molecule has 1 aliphatic rings. The molecule has 0 spiro atoms. The molecule has 1 saturated carbocycles. The van der Waals surface area contributed by atoms with E-state index in [2.05, 4.69) is 22.2 Å². The molecule has 1 aromatic rings. The predicted octanol–water partition coefficient (Wildman–Crippen LogP) is 2.59. The Bertz CT molecular complexity index is 312. The third-order valence-electron chi connectivity index (χ3n) is 2.64. The molecule has 0 aliphatic heterocycles. The number of nitrogens with zero attached hydrogens (tertiary/aromatic N) is 2. The molecule has 0 saturated heterocycles. The molecule has 2 rings (SSSR count). The first-order chi connectivity index (χ1) is 6.75. The Morgan fingerprint density at radius 1 is 1.57 bits per heavy atom. The highest BCUT2D eigenvalue weighted by atomic mass is 35.5. The highest BCUT2D eigenvalue weighted by molar-refractivity contribution is 6.29. The van der Waals surface area contributed by atoms with Crippen molar-refractivity contribution in [3.63, 3.8) is 0 Å². The Morgan fingerprint density at radius 3 is 3.00 bits per heavy atom. The van der Waals surface area contributed by atoms with E-state index in [1.165, 1.54) is 19.0 Å². The Labute approximate surface area is 88.9 Å². The van der Waals surface area contributed by atoms with Crippen molar-refractivity contribution in [2.75, 3.05) is 11.9 Å². The first kappa shape index (κ1) is 9.71. The number of halogens is 1. The van der Waals surface area contributed by atoms with Crippen molar-refractivity contribution in [3.8, 4) is 0 Å². The minimum atomic E-state index is 0.439. The fourth-order valence-electron chi connectivity index (χ4n) is 1.52. The Kier molecular flexibility index (Phi) is 2.87. The highest BCUT2D eigenvalue weighted by Crippen LogP contribution is 2.36. The second-order valence-corrected chi connectivity index (χ2v) is 4.31. The summed E-state index contributed by atoms with van der Waals surface area (Å²) in [4.78, 5) is 8.08. The lowest BCUT2D eigenvalue weighted by Gasteiger charge is -2.11. The molecule has 3 nitrogen and oxygen atoms in total. The fraction of sp³-hybridized carbons (Fsp3) is 0.600. The standard InChI is InChI=1S/C10H14ClN3/c1-7(8-2-3-8)4-13-10-6-12-5-9(11)14-10/h5-8H,2-4H2,1H3,(H,13,14). The van der Waals surface area contributed by atoms with E-state index in [0.717, 1.165) is 24.2 Å². The van der Waals surface area contributed by atoms with E-state index in [9.17, 15) is 0 Å². The first-order valence-corrected chi connectivity index (χ1v) is 5.35.